The zero-order chi connectivity index (χ0) is 13.1. The Labute approximate surface area is 120 Å². The van der Waals surface area contributed by atoms with E-state index in [4.69, 9.17) is 17.3 Å². The van der Waals surface area contributed by atoms with Crippen LogP contribution in [0.3, 0.4) is 0 Å². The van der Waals surface area contributed by atoms with E-state index in [2.05, 4.69) is 21.2 Å². The number of halogens is 2. The van der Waals surface area contributed by atoms with Gasteiger partial charge in [-0.3, -0.25) is 0 Å². The highest BCUT2D eigenvalue weighted by molar-refractivity contribution is 9.10. The topological polar surface area (TPSA) is 38.0 Å². The van der Waals surface area contributed by atoms with Gasteiger partial charge in [-0.15, -0.1) is 0 Å². The number of aryl methyl sites for hydroxylation is 1. The standard InChI is InChI=1S/C14H14BrClN2/c1-9-5-14(12(15)7-13(9)17)18-8-10-3-2-4-11(16)6-10/h2-7,18H,8,17H2,1H3. The number of nitrogens with two attached hydrogens (primary N) is 1. The average molecular weight is 326 g/mol. The third kappa shape index (κ3) is 3.18. The van der Waals surface area contributed by atoms with Crippen molar-refractivity contribution in [1.29, 1.82) is 0 Å². The molecule has 0 saturated carbocycles. The molecule has 2 aromatic carbocycles. The maximum absolute atomic E-state index is 5.95. The lowest BCUT2D eigenvalue weighted by molar-refractivity contribution is 1.14. The van der Waals surface area contributed by atoms with Gasteiger partial charge in [0.15, 0.2) is 0 Å². The Morgan fingerprint density at radius 2 is 2.06 bits per heavy atom. The third-order valence-corrected chi connectivity index (χ3v) is 3.62. The van der Waals surface area contributed by atoms with Crippen LogP contribution in [0.2, 0.25) is 5.02 Å². The van der Waals surface area contributed by atoms with Gasteiger partial charge in [-0.2, -0.15) is 0 Å². The van der Waals surface area contributed by atoms with E-state index in [1.165, 1.54) is 0 Å². The summed E-state index contributed by atoms with van der Waals surface area (Å²) in [4.78, 5) is 0. The second-order valence-corrected chi connectivity index (χ2v) is 5.46. The molecule has 0 amide bonds. The zero-order valence-electron chi connectivity index (χ0n) is 10.0. The minimum Gasteiger partial charge on any atom is -0.398 e. The Balaban J connectivity index is 2.13. The Bertz CT molecular complexity index is 570. The predicted octanol–water partition coefficient (Wildman–Crippen LogP) is 4.61. The molecule has 94 valence electrons. The first-order valence-electron chi connectivity index (χ1n) is 5.60. The van der Waals surface area contributed by atoms with E-state index in [0.29, 0.717) is 0 Å². The fraction of sp³-hybridized carbons (Fsp3) is 0.143. The van der Waals surface area contributed by atoms with Crippen LogP contribution in [-0.2, 0) is 6.54 Å². The van der Waals surface area contributed by atoms with Gasteiger partial charge in [0.2, 0.25) is 0 Å². The molecule has 0 saturated heterocycles. The second-order valence-electron chi connectivity index (χ2n) is 4.17. The van der Waals surface area contributed by atoms with Crippen molar-refractivity contribution in [3.05, 3.63) is 57.0 Å². The van der Waals surface area contributed by atoms with Gasteiger partial charge in [0.1, 0.15) is 0 Å². The van der Waals surface area contributed by atoms with Crippen molar-refractivity contribution in [3.63, 3.8) is 0 Å². The van der Waals surface area contributed by atoms with Crippen molar-refractivity contribution in [2.24, 2.45) is 0 Å². The number of hydrogen-bond donors (Lipinski definition) is 2. The molecule has 4 heteroatoms. The van der Waals surface area contributed by atoms with Gasteiger partial charge in [0.25, 0.3) is 0 Å². The zero-order valence-corrected chi connectivity index (χ0v) is 12.3. The monoisotopic (exact) mass is 324 g/mol. The normalized spacial score (nSPS) is 10.4. The van der Waals surface area contributed by atoms with Crippen LogP contribution >= 0.6 is 27.5 Å². The highest BCUT2D eigenvalue weighted by Gasteiger charge is 2.03. The molecule has 0 aromatic heterocycles. The highest BCUT2D eigenvalue weighted by Crippen LogP contribution is 2.28. The van der Waals surface area contributed by atoms with E-state index >= 15 is 0 Å². The first kappa shape index (κ1) is 13.2. The summed E-state index contributed by atoms with van der Waals surface area (Å²) >= 11 is 9.45. The van der Waals surface area contributed by atoms with E-state index < -0.39 is 0 Å². The summed E-state index contributed by atoms with van der Waals surface area (Å²) in [5, 5.41) is 4.12. The number of benzene rings is 2. The molecule has 0 heterocycles. The number of nitrogens with one attached hydrogen (secondary N) is 1. The summed E-state index contributed by atoms with van der Waals surface area (Å²) in [6.07, 6.45) is 0. The number of nitrogen functional groups attached to an aromatic ring is 1. The summed E-state index contributed by atoms with van der Waals surface area (Å²) < 4.78 is 0.965. The van der Waals surface area contributed by atoms with Crippen LogP contribution in [0.4, 0.5) is 11.4 Å². The van der Waals surface area contributed by atoms with Crippen LogP contribution in [0.5, 0.6) is 0 Å². The quantitative estimate of drug-likeness (QED) is 0.809. The molecule has 18 heavy (non-hydrogen) atoms. The van der Waals surface area contributed by atoms with Crippen LogP contribution in [0, 0.1) is 6.92 Å². The molecule has 2 rings (SSSR count). The smallest absolute Gasteiger partial charge is 0.0491 e. The van der Waals surface area contributed by atoms with Crippen LogP contribution < -0.4 is 11.1 Å². The SMILES string of the molecule is Cc1cc(NCc2cccc(Cl)c2)c(Br)cc1N. The molecule has 0 bridgehead atoms. The fourth-order valence-electron chi connectivity index (χ4n) is 1.68. The lowest BCUT2D eigenvalue weighted by Crippen LogP contribution is -2.01. The fourth-order valence-corrected chi connectivity index (χ4v) is 2.39. The molecule has 0 unspecified atom stereocenters. The van der Waals surface area contributed by atoms with Gasteiger partial charge in [-0.05, 0) is 58.2 Å². The summed E-state index contributed by atoms with van der Waals surface area (Å²) in [5.74, 6) is 0. The number of anilines is 2. The lowest BCUT2D eigenvalue weighted by Gasteiger charge is -2.11. The predicted molar refractivity (Wildman–Crippen MR) is 82.1 cm³/mol. The maximum Gasteiger partial charge on any atom is 0.0491 e. The molecule has 0 spiro atoms. The molecule has 0 fully saturated rings. The molecule has 0 aliphatic carbocycles. The minimum absolute atomic E-state index is 0.725. The molecule has 3 N–H and O–H groups in total. The van der Waals surface area contributed by atoms with Crippen LogP contribution in [0.1, 0.15) is 11.1 Å². The first-order valence-corrected chi connectivity index (χ1v) is 6.77. The average Bonchev–Trinajstić information content (AvgIpc) is 2.32. The molecular weight excluding hydrogens is 312 g/mol. The van der Waals surface area contributed by atoms with Crippen LogP contribution in [0.15, 0.2) is 40.9 Å². The second kappa shape index (κ2) is 5.63. The molecule has 0 atom stereocenters. The van der Waals surface area contributed by atoms with E-state index in [1.54, 1.807) is 0 Å². The van der Waals surface area contributed by atoms with Gasteiger partial charge in [-0.1, -0.05) is 23.7 Å². The summed E-state index contributed by atoms with van der Waals surface area (Å²) in [6.45, 7) is 2.72. The Kier molecular flexibility index (Phi) is 4.15. The number of hydrogen-bond acceptors (Lipinski definition) is 2. The molecule has 2 nitrogen and oxygen atoms in total. The minimum atomic E-state index is 0.725. The molecule has 2 aromatic rings. The van der Waals surface area contributed by atoms with Gasteiger partial charge in [0, 0.05) is 27.4 Å². The Hall–Kier alpha value is -1.19. The third-order valence-electron chi connectivity index (χ3n) is 2.73. The van der Waals surface area contributed by atoms with Crippen molar-refractivity contribution in [2.45, 2.75) is 13.5 Å². The van der Waals surface area contributed by atoms with Gasteiger partial charge < -0.3 is 11.1 Å². The van der Waals surface area contributed by atoms with Crippen LogP contribution in [-0.4, -0.2) is 0 Å². The summed E-state index contributed by atoms with van der Waals surface area (Å²) in [6, 6.07) is 11.8. The largest absolute Gasteiger partial charge is 0.398 e. The molecule has 0 aliphatic heterocycles. The number of rotatable bonds is 3. The van der Waals surface area contributed by atoms with Crippen molar-refractivity contribution >= 4 is 38.9 Å². The molecular formula is C14H14BrClN2. The van der Waals surface area contributed by atoms with Gasteiger partial charge in [0.05, 0.1) is 0 Å². The van der Waals surface area contributed by atoms with E-state index in [1.807, 2.05) is 43.3 Å². The highest BCUT2D eigenvalue weighted by atomic mass is 79.9. The maximum atomic E-state index is 5.95. The lowest BCUT2D eigenvalue weighted by atomic mass is 10.1. The van der Waals surface area contributed by atoms with Crippen molar-refractivity contribution in [1.82, 2.24) is 0 Å². The summed E-state index contributed by atoms with van der Waals surface area (Å²) in [5.41, 5.74) is 9.86. The van der Waals surface area contributed by atoms with Gasteiger partial charge in [-0.25, -0.2) is 0 Å². The summed E-state index contributed by atoms with van der Waals surface area (Å²) in [7, 11) is 0. The van der Waals surface area contributed by atoms with Crippen molar-refractivity contribution in [2.75, 3.05) is 11.1 Å². The van der Waals surface area contributed by atoms with E-state index in [-0.39, 0.29) is 0 Å². The van der Waals surface area contributed by atoms with E-state index in [9.17, 15) is 0 Å². The Morgan fingerprint density at radius 1 is 1.28 bits per heavy atom. The van der Waals surface area contributed by atoms with Gasteiger partial charge >= 0.3 is 0 Å². The van der Waals surface area contributed by atoms with Crippen molar-refractivity contribution in [3.8, 4) is 0 Å². The van der Waals surface area contributed by atoms with Crippen molar-refractivity contribution < 1.29 is 0 Å². The molecule has 0 aliphatic rings. The van der Waals surface area contributed by atoms with E-state index in [0.717, 1.165) is 38.5 Å². The van der Waals surface area contributed by atoms with Crippen LogP contribution in [0.25, 0.3) is 0 Å². The first-order chi connectivity index (χ1) is 8.56. The molecule has 0 radical (unpaired) electrons. The Morgan fingerprint density at radius 3 is 2.78 bits per heavy atom.